The van der Waals surface area contributed by atoms with Crippen LogP contribution in [0.15, 0.2) is 6.07 Å². The van der Waals surface area contributed by atoms with Crippen LogP contribution < -0.4 is 10.6 Å². The number of hydrogen-bond acceptors (Lipinski definition) is 4. The zero-order valence-corrected chi connectivity index (χ0v) is 13.4. The maximum atomic E-state index is 12.0. The predicted molar refractivity (Wildman–Crippen MR) is 85.4 cm³/mol. The van der Waals surface area contributed by atoms with Gasteiger partial charge in [-0.1, -0.05) is 0 Å². The summed E-state index contributed by atoms with van der Waals surface area (Å²) in [6.45, 7) is 3.60. The van der Waals surface area contributed by atoms with Crippen LogP contribution in [-0.2, 0) is 24.2 Å². The van der Waals surface area contributed by atoms with E-state index in [-0.39, 0.29) is 5.91 Å². The SMILES string of the molecule is CCN(CC(=O)N(C)C)c1nc2c(cc1CN)CCCC2. The molecule has 0 aromatic carbocycles. The van der Waals surface area contributed by atoms with E-state index in [4.69, 9.17) is 10.7 Å². The molecule has 1 amide bonds. The lowest BCUT2D eigenvalue weighted by molar-refractivity contribution is -0.127. The average molecular weight is 290 g/mol. The van der Waals surface area contributed by atoms with Gasteiger partial charge in [-0.2, -0.15) is 0 Å². The van der Waals surface area contributed by atoms with Crippen molar-refractivity contribution >= 4 is 11.7 Å². The second-order valence-electron chi connectivity index (χ2n) is 5.79. The largest absolute Gasteiger partial charge is 0.347 e. The molecule has 1 aromatic heterocycles. The standard InChI is InChI=1S/C16H26N4O/c1-4-20(11-15(21)19(2)3)16-13(10-17)9-12-7-5-6-8-14(12)18-16/h9H,4-8,10-11,17H2,1-3H3. The minimum Gasteiger partial charge on any atom is -0.347 e. The molecule has 2 N–H and O–H groups in total. The maximum absolute atomic E-state index is 12.0. The first kappa shape index (κ1) is 15.8. The van der Waals surface area contributed by atoms with Gasteiger partial charge in [0.25, 0.3) is 0 Å². The van der Waals surface area contributed by atoms with Gasteiger partial charge in [-0.25, -0.2) is 4.98 Å². The monoisotopic (exact) mass is 290 g/mol. The van der Waals surface area contributed by atoms with E-state index in [1.165, 1.54) is 24.1 Å². The van der Waals surface area contributed by atoms with Crippen LogP contribution in [0, 0.1) is 0 Å². The van der Waals surface area contributed by atoms with Crippen molar-refractivity contribution in [3.05, 3.63) is 22.9 Å². The number of pyridine rings is 1. The topological polar surface area (TPSA) is 62.5 Å². The number of amides is 1. The highest BCUT2D eigenvalue weighted by atomic mass is 16.2. The Morgan fingerprint density at radius 2 is 2.05 bits per heavy atom. The zero-order valence-electron chi connectivity index (χ0n) is 13.4. The number of anilines is 1. The first-order valence-electron chi connectivity index (χ1n) is 7.73. The van der Waals surface area contributed by atoms with E-state index in [0.717, 1.165) is 30.8 Å². The summed E-state index contributed by atoms with van der Waals surface area (Å²) >= 11 is 0. The van der Waals surface area contributed by atoms with E-state index < -0.39 is 0 Å². The van der Waals surface area contributed by atoms with Crippen molar-refractivity contribution in [1.82, 2.24) is 9.88 Å². The Balaban J connectivity index is 2.33. The summed E-state index contributed by atoms with van der Waals surface area (Å²) in [5.74, 6) is 0.968. The lowest BCUT2D eigenvalue weighted by atomic mass is 9.94. The summed E-state index contributed by atoms with van der Waals surface area (Å²) in [6, 6.07) is 2.19. The normalized spacial score (nSPS) is 13.7. The average Bonchev–Trinajstić information content (AvgIpc) is 2.50. The fourth-order valence-electron chi connectivity index (χ4n) is 2.74. The van der Waals surface area contributed by atoms with Crippen LogP contribution >= 0.6 is 0 Å². The van der Waals surface area contributed by atoms with Crippen LogP contribution in [-0.4, -0.2) is 43.0 Å². The first-order chi connectivity index (χ1) is 10.1. The van der Waals surface area contributed by atoms with E-state index in [1.54, 1.807) is 19.0 Å². The summed E-state index contributed by atoms with van der Waals surface area (Å²) in [6.07, 6.45) is 4.56. The molecule has 0 saturated heterocycles. The highest BCUT2D eigenvalue weighted by Gasteiger charge is 2.19. The molecule has 1 aliphatic carbocycles. The van der Waals surface area contributed by atoms with Gasteiger partial charge in [-0.15, -0.1) is 0 Å². The highest BCUT2D eigenvalue weighted by Crippen LogP contribution is 2.26. The number of aryl methyl sites for hydroxylation is 2. The molecule has 0 atom stereocenters. The van der Waals surface area contributed by atoms with Crippen molar-refractivity contribution in [2.75, 3.05) is 32.1 Å². The predicted octanol–water partition coefficient (Wildman–Crippen LogP) is 1.33. The van der Waals surface area contributed by atoms with Gasteiger partial charge < -0.3 is 15.5 Å². The van der Waals surface area contributed by atoms with Crippen molar-refractivity contribution in [2.45, 2.75) is 39.2 Å². The van der Waals surface area contributed by atoms with Gasteiger partial charge in [0, 0.05) is 38.4 Å². The minimum atomic E-state index is 0.0827. The van der Waals surface area contributed by atoms with Crippen molar-refractivity contribution in [1.29, 1.82) is 0 Å². The number of nitrogens with zero attached hydrogens (tertiary/aromatic N) is 3. The van der Waals surface area contributed by atoms with Gasteiger partial charge in [0.2, 0.25) is 5.91 Å². The molecule has 5 nitrogen and oxygen atoms in total. The van der Waals surface area contributed by atoms with Gasteiger partial charge in [0.1, 0.15) is 5.82 Å². The number of fused-ring (bicyclic) bond motifs is 1. The van der Waals surface area contributed by atoms with Crippen LogP contribution in [0.2, 0.25) is 0 Å². The molecule has 5 heteroatoms. The smallest absolute Gasteiger partial charge is 0.241 e. The molecule has 0 spiro atoms. The molecule has 0 unspecified atom stereocenters. The Labute approximate surface area is 127 Å². The molecule has 116 valence electrons. The third-order valence-electron chi connectivity index (χ3n) is 4.08. The number of carbonyl (C=O) groups excluding carboxylic acids is 1. The summed E-state index contributed by atoms with van der Waals surface area (Å²) in [4.78, 5) is 20.5. The van der Waals surface area contributed by atoms with Gasteiger partial charge in [-0.05, 0) is 44.2 Å². The van der Waals surface area contributed by atoms with Crippen LogP contribution in [0.4, 0.5) is 5.82 Å². The minimum absolute atomic E-state index is 0.0827. The lowest BCUT2D eigenvalue weighted by Gasteiger charge is -2.27. The van der Waals surface area contributed by atoms with Crippen molar-refractivity contribution in [2.24, 2.45) is 5.73 Å². The molecule has 1 aliphatic rings. The van der Waals surface area contributed by atoms with Crippen molar-refractivity contribution in [3.63, 3.8) is 0 Å². The van der Waals surface area contributed by atoms with Crippen molar-refractivity contribution in [3.8, 4) is 0 Å². The molecule has 0 radical (unpaired) electrons. The Hall–Kier alpha value is -1.62. The third-order valence-corrected chi connectivity index (χ3v) is 4.08. The Morgan fingerprint density at radius 1 is 1.33 bits per heavy atom. The fourth-order valence-corrected chi connectivity index (χ4v) is 2.74. The van der Waals surface area contributed by atoms with Crippen molar-refractivity contribution < 1.29 is 4.79 Å². The second kappa shape index (κ2) is 6.89. The van der Waals surface area contributed by atoms with Gasteiger partial charge in [-0.3, -0.25) is 4.79 Å². The summed E-state index contributed by atoms with van der Waals surface area (Å²) in [7, 11) is 3.56. The van der Waals surface area contributed by atoms with Crippen LogP contribution in [0.25, 0.3) is 0 Å². The molecule has 1 heterocycles. The fraction of sp³-hybridized carbons (Fsp3) is 0.625. The summed E-state index contributed by atoms with van der Waals surface area (Å²) < 4.78 is 0. The Kier molecular flexibility index (Phi) is 5.17. The molecule has 0 aliphatic heterocycles. The van der Waals surface area contributed by atoms with E-state index >= 15 is 0 Å². The molecule has 0 saturated carbocycles. The zero-order chi connectivity index (χ0) is 15.4. The highest BCUT2D eigenvalue weighted by molar-refractivity contribution is 5.81. The van der Waals surface area contributed by atoms with Crippen LogP contribution in [0.1, 0.15) is 36.6 Å². The Morgan fingerprint density at radius 3 is 2.67 bits per heavy atom. The molecule has 2 rings (SSSR count). The number of likely N-dealkylation sites (N-methyl/N-ethyl adjacent to an activating group) is 2. The van der Waals surface area contributed by atoms with Gasteiger partial charge in [0.05, 0.1) is 6.54 Å². The van der Waals surface area contributed by atoms with Crippen LogP contribution in [0.3, 0.4) is 0 Å². The first-order valence-corrected chi connectivity index (χ1v) is 7.73. The Bertz CT molecular complexity index is 513. The third kappa shape index (κ3) is 3.53. The van der Waals surface area contributed by atoms with E-state index in [2.05, 4.69) is 6.07 Å². The molecule has 21 heavy (non-hydrogen) atoms. The molecule has 0 fully saturated rings. The number of hydrogen-bond donors (Lipinski definition) is 1. The van der Waals surface area contributed by atoms with Gasteiger partial charge in [0.15, 0.2) is 0 Å². The van der Waals surface area contributed by atoms with E-state index in [0.29, 0.717) is 13.1 Å². The number of carbonyl (C=O) groups is 1. The summed E-state index contributed by atoms with van der Waals surface area (Å²) in [5.41, 5.74) is 9.47. The van der Waals surface area contributed by atoms with Gasteiger partial charge >= 0.3 is 0 Å². The summed E-state index contributed by atoms with van der Waals surface area (Å²) in [5, 5.41) is 0. The number of aromatic nitrogens is 1. The molecular formula is C16H26N4O. The molecule has 0 bridgehead atoms. The quantitative estimate of drug-likeness (QED) is 0.889. The van der Waals surface area contributed by atoms with E-state index in [1.807, 2.05) is 11.8 Å². The van der Waals surface area contributed by atoms with E-state index in [9.17, 15) is 4.79 Å². The maximum Gasteiger partial charge on any atom is 0.241 e. The number of rotatable bonds is 5. The number of nitrogens with two attached hydrogens (primary N) is 1. The van der Waals surface area contributed by atoms with Crippen LogP contribution in [0.5, 0.6) is 0 Å². The molecule has 1 aromatic rings. The molecular weight excluding hydrogens is 264 g/mol. The second-order valence-corrected chi connectivity index (χ2v) is 5.79. The lowest BCUT2D eigenvalue weighted by Crippen LogP contribution is -2.38.